The number of nitrogens with two attached hydrogens (primary N) is 1. The highest BCUT2D eigenvalue weighted by Gasteiger charge is 2.24. The molecule has 3 N–H and O–H groups in total. The lowest BCUT2D eigenvalue weighted by atomic mass is 10.0. The maximum atomic E-state index is 13.3. The number of nitrogens with one attached hydrogen (secondary N) is 1. The second-order valence-corrected chi connectivity index (χ2v) is 11.0. The molecular weight excluding hydrogens is 530 g/mol. The third kappa shape index (κ3) is 4.33. The average Bonchev–Trinajstić information content (AvgIpc) is 3.50. The van der Waals surface area contributed by atoms with Gasteiger partial charge in [0.25, 0.3) is 5.56 Å². The molecule has 0 fully saturated rings. The number of Topliss-reactive ketones (excluding diaryl/α,β-unsaturated/α-hetero) is 2. The summed E-state index contributed by atoms with van der Waals surface area (Å²) in [6, 6.07) is 18.9. The fraction of sp³-hybridized carbons (Fsp3) is 0.103. The number of rotatable bonds is 6. The van der Waals surface area contributed by atoms with Crippen molar-refractivity contribution in [3.8, 4) is 22.3 Å². The standard InChI is InChI=1S/C29H21N5O3S2/c1-14(35)24-20(16-9-5-3-6-10-16)22-26(30)31-18(33-28(22)38-24)13-19-32-27(37)23-21(17-11-7-4-8-12-17)25(15(2)36)39-29(23)34-19/h3-12H,13H2,1-2H3,(H2,30,31,33)(H,32,34,37). The lowest BCUT2D eigenvalue weighted by Crippen LogP contribution is -2.13. The van der Waals surface area contributed by atoms with Crippen molar-refractivity contribution in [1.29, 1.82) is 0 Å². The van der Waals surface area contributed by atoms with Crippen molar-refractivity contribution in [3.63, 3.8) is 0 Å². The minimum Gasteiger partial charge on any atom is -0.383 e. The molecule has 2 aromatic carbocycles. The molecule has 4 heterocycles. The van der Waals surface area contributed by atoms with Gasteiger partial charge in [0.15, 0.2) is 11.6 Å². The Labute approximate surface area is 230 Å². The number of hydrogen-bond donors (Lipinski definition) is 2. The molecule has 0 aliphatic carbocycles. The summed E-state index contributed by atoms with van der Waals surface area (Å²) < 4.78 is 0. The van der Waals surface area contributed by atoms with Crippen molar-refractivity contribution in [2.24, 2.45) is 0 Å². The van der Waals surface area contributed by atoms with Gasteiger partial charge in [0.05, 0.1) is 26.9 Å². The van der Waals surface area contributed by atoms with E-state index < -0.39 is 0 Å². The molecule has 8 nitrogen and oxygen atoms in total. The van der Waals surface area contributed by atoms with Gasteiger partial charge in [-0.1, -0.05) is 60.7 Å². The number of H-pyrrole nitrogens is 1. The lowest BCUT2D eigenvalue weighted by molar-refractivity contribution is 0.101. The minimum atomic E-state index is -0.340. The van der Waals surface area contributed by atoms with Crippen LogP contribution in [0.1, 0.15) is 44.8 Å². The number of carbonyl (C=O) groups is 2. The third-order valence-corrected chi connectivity index (χ3v) is 8.70. The molecule has 6 aromatic rings. The molecular formula is C29H21N5O3S2. The van der Waals surface area contributed by atoms with Gasteiger partial charge in [-0.3, -0.25) is 14.4 Å². The topological polar surface area (TPSA) is 132 Å². The van der Waals surface area contributed by atoms with Gasteiger partial charge < -0.3 is 10.7 Å². The van der Waals surface area contributed by atoms with Crippen LogP contribution in [0.2, 0.25) is 0 Å². The molecule has 39 heavy (non-hydrogen) atoms. The summed E-state index contributed by atoms with van der Waals surface area (Å²) in [6.45, 7) is 3.00. The van der Waals surface area contributed by atoms with Crippen LogP contribution in [0.25, 0.3) is 42.7 Å². The summed E-state index contributed by atoms with van der Waals surface area (Å²) in [4.78, 5) is 57.0. The maximum Gasteiger partial charge on any atom is 0.260 e. The first kappa shape index (κ1) is 24.8. The number of benzene rings is 2. The summed E-state index contributed by atoms with van der Waals surface area (Å²) >= 11 is 2.47. The SMILES string of the molecule is CC(=O)c1sc2nc(Cc3nc4sc(C(C)=O)c(-c5ccccc5)c4c(=O)[nH]3)nc(N)c2c1-c1ccccc1. The number of aromatic nitrogens is 4. The van der Waals surface area contributed by atoms with Crippen LogP contribution >= 0.6 is 22.7 Å². The van der Waals surface area contributed by atoms with E-state index in [4.69, 9.17) is 10.7 Å². The molecule has 0 saturated heterocycles. The van der Waals surface area contributed by atoms with Crippen molar-refractivity contribution in [3.05, 3.63) is 92.4 Å². The van der Waals surface area contributed by atoms with E-state index in [9.17, 15) is 14.4 Å². The van der Waals surface area contributed by atoms with Crippen LogP contribution in [0.5, 0.6) is 0 Å². The zero-order valence-electron chi connectivity index (χ0n) is 20.9. The molecule has 0 bridgehead atoms. The van der Waals surface area contributed by atoms with Gasteiger partial charge in [0, 0.05) is 11.1 Å². The van der Waals surface area contributed by atoms with Crippen molar-refractivity contribution >= 4 is 60.5 Å². The quantitative estimate of drug-likeness (QED) is 0.246. The summed E-state index contributed by atoms with van der Waals surface area (Å²) in [6.07, 6.45) is 0.118. The van der Waals surface area contributed by atoms with E-state index in [1.165, 1.54) is 36.5 Å². The van der Waals surface area contributed by atoms with Gasteiger partial charge in [-0.25, -0.2) is 15.0 Å². The zero-order chi connectivity index (χ0) is 27.3. The van der Waals surface area contributed by atoms with Gasteiger partial charge in [0.1, 0.15) is 27.1 Å². The predicted molar refractivity (Wildman–Crippen MR) is 156 cm³/mol. The number of thiophene rings is 2. The average molecular weight is 552 g/mol. The van der Waals surface area contributed by atoms with Crippen LogP contribution in [-0.2, 0) is 6.42 Å². The zero-order valence-corrected chi connectivity index (χ0v) is 22.6. The fourth-order valence-corrected chi connectivity index (χ4v) is 6.92. The predicted octanol–water partition coefficient (Wildman–Crippen LogP) is 5.90. The first-order valence-electron chi connectivity index (χ1n) is 12.1. The highest BCUT2D eigenvalue weighted by molar-refractivity contribution is 7.21. The molecule has 4 aromatic heterocycles. The minimum absolute atomic E-state index is 0.0811. The summed E-state index contributed by atoms with van der Waals surface area (Å²) in [7, 11) is 0. The van der Waals surface area contributed by atoms with Gasteiger partial charge in [-0.15, -0.1) is 22.7 Å². The summed E-state index contributed by atoms with van der Waals surface area (Å²) in [5.74, 6) is 0.760. The Morgan fingerprint density at radius 3 is 1.82 bits per heavy atom. The Morgan fingerprint density at radius 2 is 1.28 bits per heavy atom. The van der Waals surface area contributed by atoms with E-state index in [1.54, 1.807) is 0 Å². The number of aromatic amines is 1. The molecule has 0 amide bonds. The molecule has 10 heteroatoms. The Balaban J connectivity index is 1.46. The van der Waals surface area contributed by atoms with Gasteiger partial charge in [-0.05, 0) is 25.0 Å². The van der Waals surface area contributed by atoms with Crippen LogP contribution < -0.4 is 11.3 Å². The first-order chi connectivity index (χ1) is 18.8. The van der Waals surface area contributed by atoms with E-state index in [1.807, 2.05) is 60.7 Å². The van der Waals surface area contributed by atoms with E-state index in [-0.39, 0.29) is 29.4 Å². The normalized spacial score (nSPS) is 11.3. The molecule has 0 spiro atoms. The molecule has 0 unspecified atom stereocenters. The molecule has 0 saturated carbocycles. The number of ketones is 2. The van der Waals surface area contributed by atoms with E-state index in [0.717, 1.165) is 16.7 Å². The van der Waals surface area contributed by atoms with E-state index >= 15 is 0 Å². The molecule has 0 radical (unpaired) electrons. The van der Waals surface area contributed by atoms with Crippen molar-refractivity contribution in [1.82, 2.24) is 19.9 Å². The largest absolute Gasteiger partial charge is 0.383 e. The van der Waals surface area contributed by atoms with Crippen molar-refractivity contribution in [2.75, 3.05) is 5.73 Å². The second-order valence-electron chi connectivity index (χ2n) is 9.03. The monoisotopic (exact) mass is 551 g/mol. The van der Waals surface area contributed by atoms with Gasteiger partial charge in [0.2, 0.25) is 0 Å². The van der Waals surface area contributed by atoms with Crippen LogP contribution in [0.4, 0.5) is 5.82 Å². The highest BCUT2D eigenvalue weighted by Crippen LogP contribution is 2.41. The molecule has 192 valence electrons. The lowest BCUT2D eigenvalue weighted by Gasteiger charge is -2.06. The molecule has 6 rings (SSSR count). The van der Waals surface area contributed by atoms with E-state index in [0.29, 0.717) is 47.4 Å². The number of fused-ring (bicyclic) bond motifs is 2. The third-order valence-electron chi connectivity index (χ3n) is 6.33. The Morgan fingerprint density at radius 1 is 0.769 bits per heavy atom. The fourth-order valence-electron chi connectivity index (χ4n) is 4.69. The van der Waals surface area contributed by atoms with Crippen LogP contribution in [0.15, 0.2) is 65.5 Å². The molecule has 0 atom stereocenters. The van der Waals surface area contributed by atoms with Gasteiger partial charge >= 0.3 is 0 Å². The number of anilines is 1. The van der Waals surface area contributed by atoms with Crippen molar-refractivity contribution < 1.29 is 9.59 Å². The Hall–Kier alpha value is -4.54. The highest BCUT2D eigenvalue weighted by atomic mass is 32.1. The number of nitrogens with zero attached hydrogens (tertiary/aromatic N) is 3. The number of nitrogen functional groups attached to an aromatic ring is 1. The van der Waals surface area contributed by atoms with Crippen LogP contribution in [-0.4, -0.2) is 31.5 Å². The van der Waals surface area contributed by atoms with Gasteiger partial charge in [-0.2, -0.15) is 0 Å². The van der Waals surface area contributed by atoms with Crippen molar-refractivity contribution in [2.45, 2.75) is 20.3 Å². The Kier molecular flexibility index (Phi) is 6.13. The van der Waals surface area contributed by atoms with Crippen LogP contribution in [0, 0.1) is 0 Å². The second kappa shape index (κ2) is 9.64. The van der Waals surface area contributed by atoms with E-state index in [2.05, 4.69) is 15.0 Å². The molecule has 0 aliphatic heterocycles. The summed E-state index contributed by atoms with van der Waals surface area (Å²) in [5, 5.41) is 1.02. The number of hydrogen-bond acceptors (Lipinski definition) is 9. The first-order valence-corrected chi connectivity index (χ1v) is 13.7. The van der Waals surface area contributed by atoms with Crippen LogP contribution in [0.3, 0.4) is 0 Å². The number of carbonyl (C=O) groups excluding carboxylic acids is 2. The molecule has 0 aliphatic rings. The smallest absolute Gasteiger partial charge is 0.260 e. The maximum absolute atomic E-state index is 13.3. The summed E-state index contributed by atoms with van der Waals surface area (Å²) in [5.41, 5.74) is 9.04. The Bertz CT molecular complexity index is 1980.